The van der Waals surface area contributed by atoms with Gasteiger partial charge >= 0.3 is 0 Å². The molecule has 1 aromatic carbocycles. The minimum Gasteiger partial charge on any atom is -0.491 e. The Labute approximate surface area is 121 Å². The van der Waals surface area contributed by atoms with Crippen molar-refractivity contribution in [2.24, 2.45) is 0 Å². The summed E-state index contributed by atoms with van der Waals surface area (Å²) in [4.78, 5) is 0. The van der Waals surface area contributed by atoms with Gasteiger partial charge in [-0.2, -0.15) is 0 Å². The molecule has 1 saturated heterocycles. The van der Waals surface area contributed by atoms with Crippen molar-refractivity contribution in [3.05, 3.63) is 21.6 Å². The number of rotatable bonds is 4. The second-order valence-electron chi connectivity index (χ2n) is 4.31. The molecule has 3 nitrogen and oxygen atoms in total. The van der Waals surface area contributed by atoms with Crippen LogP contribution in [0.2, 0.25) is 5.02 Å². The Bertz CT molecular complexity index is 428. The first kappa shape index (κ1) is 14.0. The summed E-state index contributed by atoms with van der Waals surface area (Å²) in [6.45, 7) is 5.45. The summed E-state index contributed by atoms with van der Waals surface area (Å²) in [5.74, 6) is 0.806. The lowest BCUT2D eigenvalue weighted by Crippen LogP contribution is -2.27. The molecular weight excluding hydrogens is 318 g/mol. The number of nitrogens with one attached hydrogen (secondary N) is 1. The van der Waals surface area contributed by atoms with Gasteiger partial charge in [0.05, 0.1) is 28.9 Å². The molecule has 1 N–H and O–H groups in total. The van der Waals surface area contributed by atoms with E-state index in [4.69, 9.17) is 21.1 Å². The van der Waals surface area contributed by atoms with Crippen molar-refractivity contribution in [2.75, 3.05) is 18.5 Å². The van der Waals surface area contributed by atoms with E-state index in [2.05, 4.69) is 28.2 Å². The van der Waals surface area contributed by atoms with Crippen LogP contribution in [-0.4, -0.2) is 25.4 Å². The molecule has 0 aliphatic carbocycles. The van der Waals surface area contributed by atoms with Crippen LogP contribution in [0.4, 0.5) is 5.69 Å². The van der Waals surface area contributed by atoms with Crippen LogP contribution in [0, 0.1) is 0 Å². The molecule has 2 rings (SSSR count). The lowest BCUT2D eigenvalue weighted by atomic mass is 10.1. The Balaban J connectivity index is 2.24. The molecule has 100 valence electrons. The van der Waals surface area contributed by atoms with Crippen molar-refractivity contribution in [2.45, 2.75) is 32.4 Å². The zero-order valence-corrected chi connectivity index (χ0v) is 12.8. The average Bonchev–Trinajstić information content (AvgIpc) is 2.69. The van der Waals surface area contributed by atoms with Gasteiger partial charge in [-0.15, -0.1) is 0 Å². The van der Waals surface area contributed by atoms with E-state index in [-0.39, 0.29) is 6.10 Å². The second-order valence-corrected chi connectivity index (χ2v) is 5.60. The first-order valence-electron chi connectivity index (χ1n) is 6.11. The molecule has 1 aliphatic rings. The van der Waals surface area contributed by atoms with Gasteiger partial charge in [0.1, 0.15) is 0 Å². The molecule has 1 heterocycles. The molecule has 1 aromatic rings. The monoisotopic (exact) mass is 333 g/mol. The fourth-order valence-corrected chi connectivity index (χ4v) is 3.00. The highest BCUT2D eigenvalue weighted by molar-refractivity contribution is 9.10. The number of hydrogen-bond donors (Lipinski definition) is 1. The molecule has 0 bridgehead atoms. The molecule has 5 heteroatoms. The zero-order valence-electron chi connectivity index (χ0n) is 10.5. The highest BCUT2D eigenvalue weighted by Crippen LogP contribution is 2.37. The van der Waals surface area contributed by atoms with Gasteiger partial charge in [0.15, 0.2) is 5.75 Å². The summed E-state index contributed by atoms with van der Waals surface area (Å²) in [6, 6.07) is 4.03. The van der Waals surface area contributed by atoms with Crippen molar-refractivity contribution >= 4 is 33.2 Å². The topological polar surface area (TPSA) is 30.5 Å². The summed E-state index contributed by atoms with van der Waals surface area (Å²) in [7, 11) is 0. The van der Waals surface area contributed by atoms with Gasteiger partial charge in [-0.25, -0.2) is 0 Å². The lowest BCUT2D eigenvalue weighted by Gasteiger charge is -2.20. The molecule has 0 aromatic heterocycles. The summed E-state index contributed by atoms with van der Waals surface area (Å²) in [5.41, 5.74) is 0.915. The smallest absolute Gasteiger partial charge is 0.156 e. The van der Waals surface area contributed by atoms with Crippen LogP contribution in [0.25, 0.3) is 0 Å². The first-order valence-corrected chi connectivity index (χ1v) is 7.29. The van der Waals surface area contributed by atoms with Crippen molar-refractivity contribution in [1.29, 1.82) is 0 Å². The number of halogens is 2. The zero-order chi connectivity index (χ0) is 13.1. The van der Waals surface area contributed by atoms with Crippen molar-refractivity contribution in [3.8, 4) is 5.75 Å². The van der Waals surface area contributed by atoms with Gasteiger partial charge in [0, 0.05) is 11.6 Å². The van der Waals surface area contributed by atoms with Crippen LogP contribution < -0.4 is 10.1 Å². The van der Waals surface area contributed by atoms with E-state index in [0.717, 1.165) is 28.9 Å². The van der Waals surface area contributed by atoms with Gasteiger partial charge in [0.2, 0.25) is 0 Å². The molecule has 0 amide bonds. The third-order valence-electron chi connectivity index (χ3n) is 3.01. The Hall–Kier alpha value is -0.450. The first-order chi connectivity index (χ1) is 8.61. The molecule has 2 atom stereocenters. The van der Waals surface area contributed by atoms with E-state index in [1.165, 1.54) is 0 Å². The Morgan fingerprint density at radius 2 is 2.33 bits per heavy atom. The van der Waals surface area contributed by atoms with Crippen LogP contribution in [0.15, 0.2) is 16.6 Å². The van der Waals surface area contributed by atoms with Crippen molar-refractivity contribution in [3.63, 3.8) is 0 Å². The molecule has 1 aliphatic heterocycles. The third-order valence-corrected chi connectivity index (χ3v) is 3.82. The summed E-state index contributed by atoms with van der Waals surface area (Å²) in [6.07, 6.45) is 1.20. The number of ether oxygens (including phenoxy) is 2. The van der Waals surface area contributed by atoms with Crippen molar-refractivity contribution in [1.82, 2.24) is 0 Å². The Kier molecular flexibility index (Phi) is 4.76. The maximum Gasteiger partial charge on any atom is 0.156 e. The third kappa shape index (κ3) is 3.11. The second kappa shape index (κ2) is 6.13. The van der Waals surface area contributed by atoms with Gasteiger partial charge < -0.3 is 14.8 Å². The lowest BCUT2D eigenvalue weighted by molar-refractivity contribution is 0.121. The minimum absolute atomic E-state index is 0.206. The molecule has 2 unspecified atom stereocenters. The quantitative estimate of drug-likeness (QED) is 0.899. The van der Waals surface area contributed by atoms with E-state index >= 15 is 0 Å². The molecule has 0 saturated carbocycles. The maximum absolute atomic E-state index is 6.09. The fraction of sp³-hybridized carbons (Fsp3) is 0.538. The van der Waals surface area contributed by atoms with Gasteiger partial charge in [-0.05, 0) is 48.3 Å². The van der Waals surface area contributed by atoms with Crippen LogP contribution >= 0.6 is 27.5 Å². The maximum atomic E-state index is 6.09. The van der Waals surface area contributed by atoms with E-state index in [9.17, 15) is 0 Å². The largest absolute Gasteiger partial charge is 0.491 e. The Morgan fingerprint density at radius 3 is 2.94 bits per heavy atom. The van der Waals surface area contributed by atoms with E-state index < -0.39 is 0 Å². The van der Waals surface area contributed by atoms with Crippen LogP contribution in [0.5, 0.6) is 5.75 Å². The Morgan fingerprint density at radius 1 is 1.56 bits per heavy atom. The predicted octanol–water partition coefficient (Wildman–Crippen LogP) is 4.09. The van der Waals surface area contributed by atoms with Crippen LogP contribution in [0.3, 0.4) is 0 Å². The highest BCUT2D eigenvalue weighted by atomic mass is 79.9. The molecule has 1 fully saturated rings. The van der Waals surface area contributed by atoms with Gasteiger partial charge in [-0.3, -0.25) is 0 Å². The summed E-state index contributed by atoms with van der Waals surface area (Å²) < 4.78 is 12.1. The molecule has 18 heavy (non-hydrogen) atoms. The highest BCUT2D eigenvalue weighted by Gasteiger charge is 2.25. The molecule has 0 spiro atoms. The molecular formula is C13H17BrClNO2. The van der Waals surface area contributed by atoms with E-state index in [1.54, 1.807) is 0 Å². The summed E-state index contributed by atoms with van der Waals surface area (Å²) in [5, 5.41) is 4.14. The van der Waals surface area contributed by atoms with Crippen LogP contribution in [-0.2, 0) is 4.74 Å². The average molecular weight is 335 g/mol. The summed E-state index contributed by atoms with van der Waals surface area (Å²) >= 11 is 9.57. The fourth-order valence-electron chi connectivity index (χ4n) is 2.08. The van der Waals surface area contributed by atoms with E-state index in [1.807, 2.05) is 19.1 Å². The number of anilines is 1. The van der Waals surface area contributed by atoms with Crippen LogP contribution in [0.1, 0.15) is 20.3 Å². The minimum atomic E-state index is 0.206. The SMILES string of the molecule is CCOc1c(Br)cc(Cl)cc1NC1CCOC1C. The number of hydrogen-bond acceptors (Lipinski definition) is 3. The normalized spacial score (nSPS) is 23.1. The molecule has 0 radical (unpaired) electrons. The van der Waals surface area contributed by atoms with Crippen molar-refractivity contribution < 1.29 is 9.47 Å². The van der Waals surface area contributed by atoms with Gasteiger partial charge in [0.25, 0.3) is 0 Å². The standard InChI is InChI=1S/C13H17BrClNO2/c1-3-17-13-10(14)6-9(15)7-12(13)16-11-4-5-18-8(11)2/h6-8,11,16H,3-5H2,1-2H3. The van der Waals surface area contributed by atoms with Gasteiger partial charge in [-0.1, -0.05) is 11.6 Å². The number of benzene rings is 1. The predicted molar refractivity (Wildman–Crippen MR) is 77.8 cm³/mol. The van der Waals surface area contributed by atoms with E-state index in [0.29, 0.717) is 17.7 Å².